The Morgan fingerprint density at radius 2 is 0.455 bits per heavy atom. The van der Waals surface area contributed by atoms with Gasteiger partial charge in [-0.15, -0.1) is 0 Å². The highest BCUT2D eigenvalue weighted by Crippen LogP contribution is 2.14. The maximum atomic E-state index is 2.29. The van der Waals surface area contributed by atoms with Crippen molar-refractivity contribution in [1.29, 1.82) is 0 Å². The fourth-order valence-corrected chi connectivity index (χ4v) is 6.14. The Morgan fingerprint density at radius 3 is 0.682 bits per heavy atom. The number of aromatic nitrogens is 2. The van der Waals surface area contributed by atoms with E-state index in [0.29, 0.717) is 0 Å². The van der Waals surface area contributed by atoms with Crippen LogP contribution in [0.1, 0.15) is 194 Å². The Bertz CT molecular complexity index is 707. The molecule has 2 aromatic rings. The van der Waals surface area contributed by atoms with Crippen molar-refractivity contribution < 1.29 is 9.13 Å². The van der Waals surface area contributed by atoms with Crippen molar-refractivity contribution in [1.82, 2.24) is 0 Å². The molecule has 2 heterocycles. The van der Waals surface area contributed by atoms with Gasteiger partial charge in [0, 0.05) is 37.1 Å². The zero-order chi connectivity index (χ0) is 31.4. The summed E-state index contributed by atoms with van der Waals surface area (Å²) in [6.45, 7) is 6.94. The first-order valence-corrected chi connectivity index (χ1v) is 19.7. The van der Waals surface area contributed by atoms with Gasteiger partial charge < -0.3 is 0 Å². The second-order valence-electron chi connectivity index (χ2n) is 13.4. The third-order valence-corrected chi connectivity index (χ3v) is 9.09. The van der Waals surface area contributed by atoms with Crippen LogP contribution in [-0.4, -0.2) is 0 Å². The van der Waals surface area contributed by atoms with E-state index in [9.17, 15) is 0 Å². The molecule has 44 heavy (non-hydrogen) atoms. The second-order valence-corrected chi connectivity index (χ2v) is 13.4. The molecule has 0 saturated heterocycles. The molecule has 0 aliphatic carbocycles. The summed E-state index contributed by atoms with van der Waals surface area (Å²) in [5, 5.41) is 0. The molecule has 2 nitrogen and oxygen atoms in total. The lowest BCUT2D eigenvalue weighted by atomic mass is 10.0. The van der Waals surface area contributed by atoms with Crippen LogP contribution in [0.3, 0.4) is 0 Å². The van der Waals surface area contributed by atoms with Crippen molar-refractivity contribution in [2.75, 3.05) is 0 Å². The van der Waals surface area contributed by atoms with Gasteiger partial charge in [-0.2, -0.15) is 0 Å². The molecule has 0 saturated carbocycles. The third-order valence-electron chi connectivity index (χ3n) is 9.09. The summed E-state index contributed by atoms with van der Waals surface area (Å²) in [5.41, 5.74) is 0. The Kier molecular flexibility index (Phi) is 31.3. The van der Waals surface area contributed by atoms with Gasteiger partial charge in [-0.1, -0.05) is 180 Å². The number of hydrogen-bond donors (Lipinski definition) is 0. The van der Waals surface area contributed by atoms with Gasteiger partial charge in [0.25, 0.3) is 0 Å². The minimum atomic E-state index is 1.18. The largest absolute Gasteiger partial charge is 0.205 e. The van der Waals surface area contributed by atoms with Gasteiger partial charge in [0.1, 0.15) is 13.1 Å². The Hall–Kier alpha value is -1.70. The average Bonchev–Trinajstić information content (AvgIpc) is 3.06. The van der Waals surface area contributed by atoms with Crippen molar-refractivity contribution in [3.05, 3.63) is 61.2 Å². The van der Waals surface area contributed by atoms with Crippen LogP contribution < -0.4 is 9.13 Å². The van der Waals surface area contributed by atoms with Crippen LogP contribution in [0.25, 0.3) is 0 Å². The van der Waals surface area contributed by atoms with Gasteiger partial charge in [0.05, 0.1) is 0 Å². The normalized spacial score (nSPS) is 11.0. The topological polar surface area (TPSA) is 7.76 Å². The monoisotopic (exact) mass is 609 g/mol. The lowest BCUT2D eigenvalue weighted by Crippen LogP contribution is -2.32. The van der Waals surface area contributed by atoms with E-state index in [4.69, 9.17) is 0 Å². The Balaban J connectivity index is 0.000000440. The van der Waals surface area contributed by atoms with E-state index in [1.807, 2.05) is 0 Å². The molecule has 0 spiro atoms. The van der Waals surface area contributed by atoms with Gasteiger partial charge in [-0.05, 0) is 12.8 Å². The zero-order valence-corrected chi connectivity index (χ0v) is 29.9. The smallest absolute Gasteiger partial charge is 0.168 e. The molecule has 0 unspecified atom stereocenters. The van der Waals surface area contributed by atoms with E-state index in [1.165, 1.54) is 193 Å². The van der Waals surface area contributed by atoms with E-state index >= 15 is 0 Å². The molecule has 0 aliphatic rings. The molecule has 2 heteroatoms. The molecule has 0 fully saturated rings. The number of unbranched alkanes of at least 4 members (excludes halogenated alkanes) is 26. The minimum absolute atomic E-state index is 1.18. The summed E-state index contributed by atoms with van der Waals surface area (Å²) in [6, 6.07) is 12.6. The van der Waals surface area contributed by atoms with Crippen LogP contribution >= 0.6 is 0 Å². The Labute approximate surface area is 276 Å². The molecule has 0 N–H and O–H groups in total. The zero-order valence-electron chi connectivity index (χ0n) is 29.9. The van der Waals surface area contributed by atoms with Crippen molar-refractivity contribution in [3.8, 4) is 0 Å². The quantitative estimate of drug-likeness (QED) is 0.0615. The van der Waals surface area contributed by atoms with Gasteiger partial charge in [-0.3, -0.25) is 0 Å². The molecule has 252 valence electrons. The van der Waals surface area contributed by atoms with Crippen molar-refractivity contribution >= 4 is 0 Å². The highest BCUT2D eigenvalue weighted by Gasteiger charge is 1.99. The first kappa shape index (κ1) is 40.3. The SMILES string of the molecule is CCCCCCCCCCCCCCCC[n+]1ccccc1.CCCCCCCCCCCCCCCC[n+]1ccccc1. The van der Waals surface area contributed by atoms with E-state index in [2.05, 4.69) is 84.2 Å². The summed E-state index contributed by atoms with van der Waals surface area (Å²) in [4.78, 5) is 0. The van der Waals surface area contributed by atoms with Crippen LogP contribution in [0.2, 0.25) is 0 Å². The third kappa shape index (κ3) is 29.0. The van der Waals surface area contributed by atoms with Gasteiger partial charge in [0.15, 0.2) is 24.8 Å². The number of pyridine rings is 2. The van der Waals surface area contributed by atoms with Crippen LogP contribution in [0.15, 0.2) is 61.2 Å². The molecule has 0 bridgehead atoms. The molecular weight excluding hydrogens is 532 g/mol. The highest BCUT2D eigenvalue weighted by atomic mass is 14.9. The molecule has 0 atom stereocenters. The highest BCUT2D eigenvalue weighted by molar-refractivity contribution is 4.84. The summed E-state index contributed by atoms with van der Waals surface area (Å²) < 4.78 is 4.58. The second kappa shape index (κ2) is 34.2. The molecule has 0 aliphatic heterocycles. The average molecular weight is 609 g/mol. The van der Waals surface area contributed by atoms with Crippen LogP contribution in [0, 0.1) is 0 Å². The van der Waals surface area contributed by atoms with E-state index < -0.39 is 0 Å². The number of nitrogens with zero attached hydrogens (tertiary/aromatic N) is 2. The van der Waals surface area contributed by atoms with Gasteiger partial charge in [-0.25, -0.2) is 9.13 Å². The Morgan fingerprint density at radius 1 is 0.250 bits per heavy atom. The van der Waals surface area contributed by atoms with Crippen molar-refractivity contribution in [2.24, 2.45) is 0 Å². The molecule has 0 aromatic carbocycles. The van der Waals surface area contributed by atoms with Crippen molar-refractivity contribution in [2.45, 2.75) is 207 Å². The summed E-state index contributed by atoms with van der Waals surface area (Å²) in [7, 11) is 0. The molecule has 0 amide bonds. The van der Waals surface area contributed by atoms with Crippen LogP contribution in [-0.2, 0) is 13.1 Å². The lowest BCUT2D eigenvalue weighted by Gasteiger charge is -2.02. The van der Waals surface area contributed by atoms with Gasteiger partial charge >= 0.3 is 0 Å². The van der Waals surface area contributed by atoms with E-state index in [1.54, 1.807) is 0 Å². The summed E-state index contributed by atoms with van der Waals surface area (Å²) in [5.74, 6) is 0. The predicted octanol–water partition coefficient (Wildman–Crippen LogP) is 12.9. The van der Waals surface area contributed by atoms with Crippen LogP contribution in [0.4, 0.5) is 0 Å². The fraction of sp³-hybridized carbons (Fsp3) is 0.762. The minimum Gasteiger partial charge on any atom is -0.205 e. The number of rotatable bonds is 30. The summed E-state index contributed by atoms with van der Waals surface area (Å²) in [6.07, 6.45) is 48.8. The molecular formula is C42H76N2+2. The molecule has 2 rings (SSSR count). The number of hydrogen-bond acceptors (Lipinski definition) is 0. The first-order valence-electron chi connectivity index (χ1n) is 19.7. The van der Waals surface area contributed by atoms with E-state index in [0.717, 1.165) is 0 Å². The molecule has 2 aromatic heterocycles. The maximum Gasteiger partial charge on any atom is 0.168 e. The van der Waals surface area contributed by atoms with Gasteiger partial charge in [0.2, 0.25) is 0 Å². The first-order chi connectivity index (χ1) is 21.9. The fourth-order valence-electron chi connectivity index (χ4n) is 6.14. The molecule has 0 radical (unpaired) electrons. The maximum absolute atomic E-state index is 2.29. The predicted molar refractivity (Wildman–Crippen MR) is 194 cm³/mol. The van der Waals surface area contributed by atoms with Crippen LogP contribution in [0.5, 0.6) is 0 Å². The lowest BCUT2D eigenvalue weighted by molar-refractivity contribution is -0.697. The van der Waals surface area contributed by atoms with Crippen molar-refractivity contribution in [3.63, 3.8) is 0 Å². The standard InChI is InChI=1S/2C21H38N/c2*1-2-3-4-5-6-7-8-9-10-11-12-13-14-16-19-22-20-17-15-18-21-22/h2*15,17-18,20-21H,2-14,16,19H2,1H3/q2*+1. The van der Waals surface area contributed by atoms with E-state index in [-0.39, 0.29) is 0 Å². The summed E-state index contributed by atoms with van der Waals surface area (Å²) >= 11 is 0. The number of aryl methyl sites for hydroxylation is 2.